The monoisotopic (exact) mass is 1840 g/mol. The number of para-hydroxylation sites is 2. The van der Waals surface area contributed by atoms with Gasteiger partial charge in [0.2, 0.25) is 94.5 Å². The summed E-state index contributed by atoms with van der Waals surface area (Å²) in [5.41, 5.74) is 39.1. The van der Waals surface area contributed by atoms with Crippen LogP contribution in [0.15, 0.2) is 85.2 Å². The number of carbonyl (C=O) groups is 16. The Morgan fingerprint density at radius 1 is 0.511 bits per heavy atom. The number of likely N-dealkylation sites (N-methyl/N-ethyl adjacent to an activating group) is 3. The molecule has 0 radical (unpaired) electrons. The number of unbranched alkanes of at least 4 members (excludes halogenated alkanes) is 2. The molecule has 0 saturated carbocycles. The van der Waals surface area contributed by atoms with Gasteiger partial charge in [0.1, 0.15) is 96.4 Å². The number of aliphatic hydroxyl groups is 1. The number of H-pyrrole nitrogens is 2. The number of nitrogens with zero attached hydrogens (tertiary/aromatic N) is 5. The number of primary amides is 1. The normalized spacial score (nSPS) is 25.5. The summed E-state index contributed by atoms with van der Waals surface area (Å²) in [5, 5.41) is 50.0. The first kappa shape index (κ1) is 105. The Kier molecular flexibility index (Phi) is 40.3. The molecule has 0 aliphatic carbocycles. The van der Waals surface area contributed by atoms with Crippen LogP contribution >= 0.6 is 11.8 Å². The Morgan fingerprint density at radius 2 is 1.00 bits per heavy atom. The second kappa shape index (κ2) is 50.5. The summed E-state index contributed by atoms with van der Waals surface area (Å²) in [4.78, 5) is 249. The van der Waals surface area contributed by atoms with E-state index in [1.807, 2.05) is 26.0 Å². The molecule has 0 bridgehead atoms. The van der Waals surface area contributed by atoms with Crippen LogP contribution in [0, 0.1) is 5.92 Å². The summed E-state index contributed by atoms with van der Waals surface area (Å²) in [6, 6.07) is -1.70. The number of phenolic OH excluding ortho intramolecular Hbond substituents is 1. The van der Waals surface area contributed by atoms with Crippen molar-refractivity contribution in [3.63, 3.8) is 0 Å². The highest BCUT2D eigenvalue weighted by Gasteiger charge is 2.47. The molecular formula is C89H133N23O18S. The van der Waals surface area contributed by atoms with Crippen molar-refractivity contribution in [2.45, 2.75) is 241 Å². The SMILES string of the molecule is CCCC[C@H]1C(=O)N(C)[C@@H](CCCC)C(=O)N[C@@H](CCN)C(=O)N[C@H](C(=O)N[C@@H](CCN)C(N)=O)CSCC(=O)N[C@@H](Cc2ccc(O)cc2)C(=O)N(C)[C@@H](C)C(=O)N[C@@H](CCN)C(=O)N2CCC[C@H]2C(=O)N[C@@H](CN)C(=O)N[C@@H](CC(C)C)C(=O)N2C[C@H](O)C[C@H]2C(=O)N[C@@H](Cc2c[nH]c3ccccc23)C(=O)N[C@@H](CCN)C(=O)N[C@@H](Cc2c[nH]c3ccccc23)C(=O)N1C. The van der Waals surface area contributed by atoms with Crippen molar-refractivity contribution >= 4 is 128 Å². The maximum absolute atomic E-state index is 15.8. The molecule has 3 aromatic carbocycles. The van der Waals surface area contributed by atoms with Crippen LogP contribution in [0.4, 0.5) is 0 Å². The molecule has 718 valence electrons. The molecule has 2 aromatic heterocycles. The van der Waals surface area contributed by atoms with Crippen molar-refractivity contribution in [2.75, 3.05) is 78.5 Å². The predicted molar refractivity (Wildman–Crippen MR) is 490 cm³/mol. The van der Waals surface area contributed by atoms with Crippen LogP contribution in [0.5, 0.6) is 5.75 Å². The minimum absolute atomic E-state index is 0.000403. The van der Waals surface area contributed by atoms with Gasteiger partial charge in [0.25, 0.3) is 0 Å². The third-order valence-corrected chi connectivity index (χ3v) is 25.1. The topological polar surface area (TPSA) is 638 Å². The minimum atomic E-state index is -1.62. The van der Waals surface area contributed by atoms with Gasteiger partial charge in [-0.05, 0) is 138 Å². The lowest BCUT2D eigenvalue weighted by Gasteiger charge is -2.36. The van der Waals surface area contributed by atoms with Gasteiger partial charge in [-0.3, -0.25) is 76.7 Å². The van der Waals surface area contributed by atoms with E-state index in [0.29, 0.717) is 64.2 Å². The minimum Gasteiger partial charge on any atom is -0.508 e. The summed E-state index contributed by atoms with van der Waals surface area (Å²) in [7, 11) is 4.04. The molecule has 5 aromatic rings. The Balaban J connectivity index is 1.18. The average molecular weight is 1850 g/mol. The fourth-order valence-electron chi connectivity index (χ4n) is 16.5. The fourth-order valence-corrected chi connectivity index (χ4v) is 17.4. The van der Waals surface area contributed by atoms with Gasteiger partial charge in [-0.15, -0.1) is 11.8 Å². The number of hydrogen-bond donors (Lipinski definition) is 20. The second-order valence-electron chi connectivity index (χ2n) is 34.2. The number of nitrogens with one attached hydrogen (secondary N) is 12. The molecule has 3 aliphatic heterocycles. The van der Waals surface area contributed by atoms with Gasteiger partial charge in [0.15, 0.2) is 0 Å². The van der Waals surface area contributed by atoms with E-state index in [1.54, 1.807) is 62.6 Å². The van der Waals surface area contributed by atoms with E-state index in [2.05, 4.69) is 63.1 Å². The van der Waals surface area contributed by atoms with Crippen molar-refractivity contribution in [2.24, 2.45) is 40.3 Å². The zero-order valence-electron chi connectivity index (χ0n) is 75.8. The molecule has 5 heterocycles. The van der Waals surface area contributed by atoms with Gasteiger partial charge in [-0.1, -0.05) is 102 Å². The van der Waals surface area contributed by atoms with Crippen LogP contribution in [-0.2, 0) is 96.0 Å². The first-order valence-corrected chi connectivity index (χ1v) is 46.0. The number of phenols is 1. The Hall–Kier alpha value is -11.8. The highest BCUT2D eigenvalue weighted by molar-refractivity contribution is 8.00. The molecule has 16 amide bonds. The molecule has 3 saturated heterocycles. The number of aliphatic hydroxyl groups excluding tert-OH is 1. The van der Waals surface area contributed by atoms with Crippen molar-refractivity contribution in [1.29, 1.82) is 0 Å². The summed E-state index contributed by atoms with van der Waals surface area (Å²) < 4.78 is 0. The summed E-state index contributed by atoms with van der Waals surface area (Å²) >= 11 is 0.794. The van der Waals surface area contributed by atoms with E-state index in [9.17, 15) is 53.4 Å². The lowest BCUT2D eigenvalue weighted by atomic mass is 9.99. The smallest absolute Gasteiger partial charge is 0.245 e. The molecule has 16 atom stereocenters. The largest absolute Gasteiger partial charge is 0.508 e. The van der Waals surface area contributed by atoms with Gasteiger partial charge in [-0.2, -0.15) is 0 Å². The summed E-state index contributed by atoms with van der Waals surface area (Å²) in [6.07, 6.45) is 2.31. The quantitative estimate of drug-likeness (QED) is 0.0258. The van der Waals surface area contributed by atoms with Gasteiger partial charge < -0.3 is 132 Å². The average Bonchev–Trinajstić information content (AvgIpc) is 1.81. The van der Waals surface area contributed by atoms with Gasteiger partial charge in [-0.25, -0.2) is 0 Å². The molecule has 3 aliphatic rings. The van der Waals surface area contributed by atoms with E-state index in [1.165, 1.54) is 67.0 Å². The summed E-state index contributed by atoms with van der Waals surface area (Å²) in [6.45, 7) is 6.94. The number of aromatic nitrogens is 2. The molecule has 42 heteroatoms. The number of rotatable bonds is 26. The number of hydrogen-bond acceptors (Lipinski definition) is 24. The van der Waals surface area contributed by atoms with E-state index >= 15 is 33.6 Å². The van der Waals surface area contributed by atoms with Gasteiger partial charge >= 0.3 is 0 Å². The van der Waals surface area contributed by atoms with Gasteiger partial charge in [0, 0.05) is 106 Å². The Bertz CT molecular complexity index is 4800. The molecular weight excluding hydrogens is 1710 g/mol. The molecule has 41 nitrogen and oxygen atoms in total. The number of nitrogens with two attached hydrogens (primary N) is 6. The maximum atomic E-state index is 15.8. The highest BCUT2D eigenvalue weighted by atomic mass is 32.2. The van der Waals surface area contributed by atoms with Crippen LogP contribution in [0.3, 0.4) is 0 Å². The predicted octanol–water partition coefficient (Wildman–Crippen LogP) is -3.30. The van der Waals surface area contributed by atoms with Crippen LogP contribution in [0.2, 0.25) is 0 Å². The molecule has 3 fully saturated rings. The number of aromatic hydroxyl groups is 1. The van der Waals surface area contributed by atoms with E-state index in [4.69, 9.17) is 34.4 Å². The standard InChI is InChI=1S/C89H133N23O18S/c1-9-11-22-70-82(123)101-62(31-35-92)78(119)107-69(81(122)99-60(29-33-90)75(95)116)47-131-48-74(115)98-66(39-51-25-27-54(113)28-26-51)85(126)108(6)50(5)76(117)102-63(32-36-93)87(128)111-37-17-24-71(111)83(124)106-68(43-94)80(121)104-65(38-49(3)4)88(129)112-46-55(114)42-73(112)84(125)103-64(40-52-44-96-58-20-15-13-18-56(52)58)79(120)100-61(30-34-91)77(118)105-67(41-53-45-97-59-21-16-14-19-57(53)59)86(127)110(8)72(23-12-10-2)89(130)109(70)7/h13-16,18-21,25-28,44-45,49-50,55,60-73,96-97,113-114H,9-12,17,22-24,29-43,46-48,90-94H2,1-8H3,(H2,95,116)(H,98,115)(H,99,122)(H,100,120)(H,101,123)(H,102,117)(H,103,125)(H,104,121)(H,105,118)(H,106,124)(H,107,119)/t50-,55+,60-,61-,62-,63-,64-,65-,66-,67-,68-,69-,70-,71-,72-,73-/m0/s1. The Morgan fingerprint density at radius 3 is 1.58 bits per heavy atom. The van der Waals surface area contributed by atoms with Crippen LogP contribution in [-0.4, -0.2) is 314 Å². The number of carbonyl (C=O) groups excluding carboxylic acids is 16. The number of aromatic amines is 2. The number of fused-ring (bicyclic) bond motifs is 4. The lowest BCUT2D eigenvalue weighted by molar-refractivity contribution is -0.149. The van der Waals surface area contributed by atoms with Crippen LogP contribution in [0.25, 0.3) is 21.8 Å². The number of benzene rings is 3. The fraction of sp³-hybridized carbons (Fsp3) is 0.573. The number of amides is 16. The zero-order valence-corrected chi connectivity index (χ0v) is 76.6. The van der Waals surface area contributed by atoms with Crippen LogP contribution in [0.1, 0.15) is 141 Å². The maximum Gasteiger partial charge on any atom is 0.245 e. The van der Waals surface area contributed by atoms with Crippen molar-refractivity contribution in [1.82, 2.24) is 87.6 Å². The van der Waals surface area contributed by atoms with Crippen molar-refractivity contribution < 1.29 is 86.9 Å². The van der Waals surface area contributed by atoms with Crippen molar-refractivity contribution in [3.05, 3.63) is 102 Å². The van der Waals surface area contributed by atoms with E-state index in [-0.39, 0.29) is 128 Å². The molecule has 0 spiro atoms. The van der Waals surface area contributed by atoms with E-state index < -0.39 is 216 Å². The van der Waals surface area contributed by atoms with Gasteiger partial charge in [0.05, 0.1) is 11.9 Å². The first-order chi connectivity index (χ1) is 62.5. The summed E-state index contributed by atoms with van der Waals surface area (Å²) in [5.74, 6) is -15.2. The van der Waals surface area contributed by atoms with Crippen LogP contribution < -0.4 is 87.6 Å². The Labute approximate surface area is 765 Å². The second-order valence-corrected chi connectivity index (χ2v) is 35.2. The highest BCUT2D eigenvalue weighted by Crippen LogP contribution is 2.28. The van der Waals surface area contributed by atoms with E-state index in [0.717, 1.165) is 21.6 Å². The number of thioether (sulfide) groups is 1. The third-order valence-electron chi connectivity index (χ3n) is 24.0. The first-order valence-electron chi connectivity index (χ1n) is 44.9. The third kappa shape index (κ3) is 28.6. The molecule has 8 rings (SSSR count). The zero-order chi connectivity index (χ0) is 96.0. The lowest BCUT2D eigenvalue weighted by Crippen LogP contribution is -2.62. The van der Waals surface area contributed by atoms with Crippen molar-refractivity contribution in [3.8, 4) is 5.75 Å². The molecule has 131 heavy (non-hydrogen) atoms. The molecule has 0 unspecified atom stereocenters. The molecule has 26 N–H and O–H groups in total.